The fourth-order valence-corrected chi connectivity index (χ4v) is 1.74. The predicted molar refractivity (Wildman–Crippen MR) is 64.4 cm³/mol. The molecule has 2 aromatic rings. The number of aromatic nitrogens is 2. The summed E-state index contributed by atoms with van der Waals surface area (Å²) in [5, 5.41) is 0. The van der Waals surface area contributed by atoms with Crippen LogP contribution < -0.4 is 0 Å². The number of rotatable bonds is 5. The van der Waals surface area contributed by atoms with E-state index in [4.69, 9.17) is 4.74 Å². The summed E-state index contributed by atoms with van der Waals surface area (Å²) in [6, 6.07) is 7.88. The fourth-order valence-electron chi connectivity index (χ4n) is 1.74. The first-order valence-corrected chi connectivity index (χ1v) is 5.80. The number of esters is 1. The first kappa shape index (κ1) is 15.6. The maximum Gasteiger partial charge on any atom is 0.305 e. The smallest absolute Gasteiger partial charge is 0.305 e. The molecule has 0 amide bonds. The number of nitrogens with zero attached hydrogens (tertiary/aromatic N) is 2. The van der Waals surface area contributed by atoms with E-state index in [0.717, 1.165) is 24.0 Å². The molecule has 0 aliphatic heterocycles. The molecule has 0 unspecified atom stereocenters. The first-order chi connectivity index (χ1) is 8.31. The first-order valence-electron chi connectivity index (χ1n) is 5.80. The van der Waals surface area contributed by atoms with Gasteiger partial charge in [-0.3, -0.25) is 4.79 Å². The Balaban J connectivity index is 0.00000162. The second-order valence-electron chi connectivity index (χ2n) is 3.76. The van der Waals surface area contributed by atoms with Gasteiger partial charge in [-0.1, -0.05) is 23.2 Å². The van der Waals surface area contributed by atoms with E-state index in [0.29, 0.717) is 13.0 Å². The fraction of sp³-hybridized carbons (Fsp3) is 0.385. The topological polar surface area (TPSA) is 44.1 Å². The molecule has 5 heteroatoms. The van der Waals surface area contributed by atoms with E-state index in [1.54, 1.807) is 0 Å². The van der Waals surface area contributed by atoms with E-state index in [1.807, 2.05) is 35.8 Å². The molecule has 1 aromatic heterocycles. The number of hydrogen-bond donors (Lipinski definition) is 0. The van der Waals surface area contributed by atoms with E-state index < -0.39 is 0 Å². The maximum atomic E-state index is 11.2. The van der Waals surface area contributed by atoms with E-state index in [2.05, 4.69) is 11.3 Å². The predicted octanol–water partition coefficient (Wildman–Crippen LogP) is 2.18. The zero-order valence-electron chi connectivity index (χ0n) is 10.4. The molecule has 0 saturated heterocycles. The van der Waals surface area contributed by atoms with Gasteiger partial charge >= 0.3 is 5.97 Å². The molecule has 0 fully saturated rings. The molecule has 0 aliphatic carbocycles. The standard InChI is InChI=1S/C13H15N2O2.Pr/c1-2-17-13(16)8-5-9-15-10-14-11-6-3-4-7-12(11)15;/h3-4,6-7H,2,5,8-9H2,1H3;/q-1;. The Bertz CT molecular complexity index is 510. The van der Waals surface area contributed by atoms with Crippen molar-refractivity contribution in [1.29, 1.82) is 0 Å². The van der Waals surface area contributed by atoms with Gasteiger partial charge in [0, 0.05) is 54.0 Å². The van der Waals surface area contributed by atoms with Gasteiger partial charge in [0.15, 0.2) is 0 Å². The minimum Gasteiger partial charge on any atom is -0.466 e. The molecule has 0 saturated carbocycles. The van der Waals surface area contributed by atoms with Crippen molar-refractivity contribution in [2.75, 3.05) is 6.61 Å². The van der Waals surface area contributed by atoms with Gasteiger partial charge in [0.25, 0.3) is 0 Å². The zero-order valence-corrected chi connectivity index (χ0v) is 14.1. The van der Waals surface area contributed by atoms with Crippen LogP contribution in [0, 0.1) is 47.6 Å². The average molecular weight is 372 g/mol. The zero-order chi connectivity index (χ0) is 12.1. The number of carbonyl (C=O) groups excluding carboxylic acids is 1. The van der Waals surface area contributed by atoms with Gasteiger partial charge in [-0.05, 0) is 19.9 Å². The Morgan fingerprint density at radius 2 is 2.22 bits per heavy atom. The summed E-state index contributed by atoms with van der Waals surface area (Å²) in [4.78, 5) is 15.4. The van der Waals surface area contributed by atoms with Crippen LogP contribution >= 0.6 is 0 Å². The summed E-state index contributed by atoms with van der Waals surface area (Å²) in [6.07, 6.45) is 4.12. The van der Waals surface area contributed by atoms with E-state index >= 15 is 0 Å². The molecule has 1 aromatic carbocycles. The van der Waals surface area contributed by atoms with Gasteiger partial charge in [-0.25, -0.2) is 0 Å². The van der Waals surface area contributed by atoms with Crippen LogP contribution in [0.5, 0.6) is 0 Å². The van der Waals surface area contributed by atoms with Gasteiger partial charge in [0.2, 0.25) is 0 Å². The second kappa shape index (κ2) is 7.85. The van der Waals surface area contributed by atoms with Crippen molar-refractivity contribution in [2.24, 2.45) is 0 Å². The third-order valence-electron chi connectivity index (χ3n) is 2.53. The number of imidazole rings is 1. The number of ether oxygens (including phenoxy) is 1. The molecular formula is C13H15N2O2Pr-. The summed E-state index contributed by atoms with van der Waals surface area (Å²) >= 11 is 0. The Hall–Kier alpha value is -0.476. The Morgan fingerprint density at radius 1 is 1.44 bits per heavy atom. The van der Waals surface area contributed by atoms with Crippen molar-refractivity contribution >= 4 is 17.0 Å². The maximum absolute atomic E-state index is 11.2. The molecule has 0 spiro atoms. The van der Waals surface area contributed by atoms with Gasteiger partial charge in [0.1, 0.15) is 0 Å². The van der Waals surface area contributed by atoms with Gasteiger partial charge in [-0.2, -0.15) is 0 Å². The SMILES string of the molecule is CCOC(=O)CCCn1[c-]nc2ccccc21.[Pr]. The summed E-state index contributed by atoms with van der Waals surface area (Å²) in [7, 11) is 0. The average Bonchev–Trinajstić information content (AvgIpc) is 2.73. The molecule has 1 heterocycles. The molecular weight excluding hydrogens is 357 g/mol. The molecule has 18 heavy (non-hydrogen) atoms. The van der Waals surface area contributed by atoms with Crippen molar-refractivity contribution < 1.29 is 50.8 Å². The normalized spacial score (nSPS) is 10.1. The van der Waals surface area contributed by atoms with E-state index in [-0.39, 0.29) is 47.3 Å². The summed E-state index contributed by atoms with van der Waals surface area (Å²) in [6.45, 7) is 2.99. The molecule has 1 radical (unpaired) electrons. The van der Waals surface area contributed by atoms with Crippen LogP contribution in [-0.4, -0.2) is 22.1 Å². The van der Waals surface area contributed by atoms with Crippen molar-refractivity contribution in [2.45, 2.75) is 26.3 Å². The minimum atomic E-state index is -0.142. The van der Waals surface area contributed by atoms with E-state index in [9.17, 15) is 4.79 Å². The molecule has 0 aliphatic rings. The van der Waals surface area contributed by atoms with Crippen molar-refractivity contribution in [3.05, 3.63) is 30.6 Å². The number of aryl methyl sites for hydroxylation is 1. The largest absolute Gasteiger partial charge is 0.466 e. The van der Waals surface area contributed by atoms with Crippen molar-refractivity contribution in [1.82, 2.24) is 9.55 Å². The second-order valence-corrected chi connectivity index (χ2v) is 3.76. The number of carbonyl (C=O) groups is 1. The van der Waals surface area contributed by atoms with Crippen LogP contribution in [0.15, 0.2) is 24.3 Å². The molecule has 4 nitrogen and oxygen atoms in total. The number of para-hydroxylation sites is 2. The van der Waals surface area contributed by atoms with Gasteiger partial charge in [0.05, 0.1) is 6.61 Å². The monoisotopic (exact) mass is 372 g/mol. The van der Waals surface area contributed by atoms with Crippen LogP contribution in [-0.2, 0) is 16.1 Å². The number of hydrogen-bond acceptors (Lipinski definition) is 3. The van der Waals surface area contributed by atoms with Gasteiger partial charge in [-0.15, -0.1) is 12.1 Å². The van der Waals surface area contributed by atoms with Crippen LogP contribution in [0.3, 0.4) is 0 Å². The summed E-state index contributed by atoms with van der Waals surface area (Å²) in [5.41, 5.74) is 1.99. The van der Waals surface area contributed by atoms with E-state index in [1.165, 1.54) is 0 Å². The third-order valence-corrected chi connectivity index (χ3v) is 2.53. The van der Waals surface area contributed by atoms with Crippen LogP contribution in [0.25, 0.3) is 11.0 Å². The third kappa shape index (κ3) is 4.02. The van der Waals surface area contributed by atoms with Crippen LogP contribution in [0.2, 0.25) is 0 Å². The molecule has 0 bridgehead atoms. The Labute approximate surface area is 140 Å². The molecule has 0 N–H and O–H groups in total. The van der Waals surface area contributed by atoms with Crippen LogP contribution in [0.4, 0.5) is 0 Å². The van der Waals surface area contributed by atoms with Crippen molar-refractivity contribution in [3.63, 3.8) is 0 Å². The Morgan fingerprint density at radius 3 is 3.00 bits per heavy atom. The molecule has 2 rings (SSSR count). The Kier molecular flexibility index (Phi) is 6.79. The quantitative estimate of drug-likeness (QED) is 0.597. The van der Waals surface area contributed by atoms with Gasteiger partial charge < -0.3 is 14.3 Å². The molecule has 0 atom stereocenters. The minimum absolute atomic E-state index is 0. The molecule has 93 valence electrons. The summed E-state index contributed by atoms with van der Waals surface area (Å²) in [5.74, 6) is -0.142. The summed E-state index contributed by atoms with van der Waals surface area (Å²) < 4.78 is 6.81. The number of benzene rings is 1. The number of fused-ring (bicyclic) bond motifs is 1. The van der Waals surface area contributed by atoms with Crippen molar-refractivity contribution in [3.8, 4) is 0 Å². The van der Waals surface area contributed by atoms with Crippen LogP contribution in [0.1, 0.15) is 19.8 Å².